The fourth-order valence-electron chi connectivity index (χ4n) is 3.09. The summed E-state index contributed by atoms with van der Waals surface area (Å²) in [5.74, 6) is 0.974. The Kier molecular flexibility index (Phi) is 5.46. The van der Waals surface area contributed by atoms with E-state index in [1.807, 2.05) is 0 Å². The highest BCUT2D eigenvalue weighted by Crippen LogP contribution is 2.28. The van der Waals surface area contributed by atoms with Crippen molar-refractivity contribution >= 4 is 0 Å². The third kappa shape index (κ3) is 3.94. The maximum Gasteiger partial charge on any atom is 0.0579 e. The zero-order valence-corrected chi connectivity index (χ0v) is 11.8. The number of rotatable bonds is 7. The lowest BCUT2D eigenvalue weighted by atomic mass is 9.84. The Hall–Kier alpha value is -0.120. The van der Waals surface area contributed by atoms with E-state index in [2.05, 4.69) is 12.2 Å². The van der Waals surface area contributed by atoms with Gasteiger partial charge in [0.15, 0.2) is 0 Å². The SMILES string of the molecule is CC(CCC1CCCCC1)NCC1(CO)COC1. The fourth-order valence-corrected chi connectivity index (χ4v) is 3.09. The van der Waals surface area contributed by atoms with Crippen LogP contribution in [0.25, 0.3) is 0 Å². The minimum atomic E-state index is 0.0130. The van der Waals surface area contributed by atoms with Crippen molar-refractivity contribution in [2.45, 2.75) is 57.9 Å². The smallest absolute Gasteiger partial charge is 0.0579 e. The van der Waals surface area contributed by atoms with E-state index < -0.39 is 0 Å². The molecule has 1 saturated heterocycles. The van der Waals surface area contributed by atoms with Crippen LogP contribution in [0.1, 0.15) is 51.9 Å². The summed E-state index contributed by atoms with van der Waals surface area (Å²) in [6.45, 7) is 4.84. The van der Waals surface area contributed by atoms with Gasteiger partial charge in [0.25, 0.3) is 0 Å². The molecule has 3 heteroatoms. The van der Waals surface area contributed by atoms with Crippen LogP contribution in [0.3, 0.4) is 0 Å². The summed E-state index contributed by atoms with van der Waals surface area (Å²) in [6.07, 6.45) is 9.87. The molecule has 0 radical (unpaired) electrons. The second-order valence-electron chi connectivity index (χ2n) is 6.51. The van der Waals surface area contributed by atoms with Gasteiger partial charge in [0.2, 0.25) is 0 Å². The largest absolute Gasteiger partial charge is 0.396 e. The van der Waals surface area contributed by atoms with E-state index in [0.717, 1.165) is 12.5 Å². The first kappa shape index (κ1) is 14.3. The van der Waals surface area contributed by atoms with Gasteiger partial charge in [0, 0.05) is 12.6 Å². The molecular weight excluding hydrogens is 226 g/mol. The molecule has 1 aliphatic heterocycles. The average Bonchev–Trinajstić information content (AvgIpc) is 2.37. The predicted molar refractivity (Wildman–Crippen MR) is 73.6 cm³/mol. The van der Waals surface area contributed by atoms with Crippen LogP contribution in [0.15, 0.2) is 0 Å². The minimum absolute atomic E-state index is 0.0130. The van der Waals surface area contributed by atoms with Crippen LogP contribution in [0.4, 0.5) is 0 Å². The molecule has 106 valence electrons. The highest BCUT2D eigenvalue weighted by Gasteiger charge is 2.37. The van der Waals surface area contributed by atoms with Crippen molar-refractivity contribution in [2.75, 3.05) is 26.4 Å². The summed E-state index contributed by atoms with van der Waals surface area (Å²) in [5.41, 5.74) is 0.0130. The predicted octanol–water partition coefficient (Wildman–Crippen LogP) is 2.33. The second kappa shape index (κ2) is 6.88. The first-order valence-electron chi connectivity index (χ1n) is 7.66. The van der Waals surface area contributed by atoms with Crippen molar-refractivity contribution < 1.29 is 9.84 Å². The van der Waals surface area contributed by atoms with Gasteiger partial charge in [-0.2, -0.15) is 0 Å². The lowest BCUT2D eigenvalue weighted by Gasteiger charge is -2.40. The average molecular weight is 255 g/mol. The Bertz CT molecular complexity index is 229. The molecule has 18 heavy (non-hydrogen) atoms. The van der Waals surface area contributed by atoms with Gasteiger partial charge in [-0.05, 0) is 25.7 Å². The molecule has 2 N–H and O–H groups in total. The summed E-state index contributed by atoms with van der Waals surface area (Å²) < 4.78 is 5.22. The molecule has 1 unspecified atom stereocenters. The molecule has 0 amide bonds. The summed E-state index contributed by atoms with van der Waals surface area (Å²) in [6, 6.07) is 0.566. The van der Waals surface area contributed by atoms with Gasteiger partial charge in [0.1, 0.15) is 0 Å². The van der Waals surface area contributed by atoms with Crippen LogP contribution in [0.2, 0.25) is 0 Å². The van der Waals surface area contributed by atoms with Gasteiger partial charge in [-0.25, -0.2) is 0 Å². The van der Waals surface area contributed by atoms with Crippen molar-refractivity contribution in [1.29, 1.82) is 0 Å². The van der Waals surface area contributed by atoms with Crippen molar-refractivity contribution in [1.82, 2.24) is 5.32 Å². The van der Waals surface area contributed by atoms with Crippen LogP contribution in [0, 0.1) is 11.3 Å². The Morgan fingerprint density at radius 3 is 2.56 bits per heavy atom. The van der Waals surface area contributed by atoms with E-state index in [4.69, 9.17) is 4.74 Å². The van der Waals surface area contributed by atoms with E-state index in [1.165, 1.54) is 44.9 Å². The number of ether oxygens (including phenoxy) is 1. The van der Waals surface area contributed by atoms with Crippen LogP contribution in [-0.2, 0) is 4.74 Å². The number of aliphatic hydroxyl groups excluding tert-OH is 1. The second-order valence-corrected chi connectivity index (χ2v) is 6.51. The summed E-state index contributed by atoms with van der Waals surface area (Å²) in [5, 5.41) is 12.9. The van der Waals surface area contributed by atoms with Crippen molar-refractivity contribution in [3.8, 4) is 0 Å². The molecule has 0 aromatic rings. The molecule has 1 saturated carbocycles. The first-order chi connectivity index (χ1) is 8.74. The first-order valence-corrected chi connectivity index (χ1v) is 7.66. The summed E-state index contributed by atoms with van der Waals surface area (Å²) in [7, 11) is 0. The highest BCUT2D eigenvalue weighted by atomic mass is 16.5. The Morgan fingerprint density at radius 1 is 1.28 bits per heavy atom. The molecule has 2 fully saturated rings. The topological polar surface area (TPSA) is 41.5 Å². The van der Waals surface area contributed by atoms with Gasteiger partial charge in [0.05, 0.1) is 25.2 Å². The zero-order valence-electron chi connectivity index (χ0n) is 11.8. The molecule has 1 atom stereocenters. The van der Waals surface area contributed by atoms with E-state index >= 15 is 0 Å². The molecule has 1 heterocycles. The fraction of sp³-hybridized carbons (Fsp3) is 1.00. The summed E-state index contributed by atoms with van der Waals surface area (Å²) >= 11 is 0. The number of aliphatic hydroxyl groups is 1. The maximum absolute atomic E-state index is 9.36. The number of nitrogens with one attached hydrogen (secondary N) is 1. The monoisotopic (exact) mass is 255 g/mol. The van der Waals surface area contributed by atoms with Crippen molar-refractivity contribution in [2.24, 2.45) is 11.3 Å². The molecule has 0 bridgehead atoms. The van der Waals surface area contributed by atoms with Crippen LogP contribution < -0.4 is 5.32 Å². The van der Waals surface area contributed by atoms with Gasteiger partial charge in [-0.1, -0.05) is 32.1 Å². The quantitative estimate of drug-likeness (QED) is 0.733. The Morgan fingerprint density at radius 2 is 2.00 bits per heavy atom. The molecule has 0 spiro atoms. The van der Waals surface area contributed by atoms with Crippen LogP contribution in [0.5, 0.6) is 0 Å². The lowest BCUT2D eigenvalue weighted by Crippen LogP contribution is -2.53. The molecule has 2 aliphatic rings. The third-order valence-corrected chi connectivity index (χ3v) is 4.71. The van der Waals surface area contributed by atoms with Gasteiger partial charge in [-0.3, -0.25) is 0 Å². The Labute approximate surface area is 111 Å². The number of hydrogen-bond donors (Lipinski definition) is 2. The van der Waals surface area contributed by atoms with E-state index in [0.29, 0.717) is 19.3 Å². The normalized spacial score (nSPS) is 25.7. The molecule has 0 aromatic heterocycles. The minimum Gasteiger partial charge on any atom is -0.396 e. The van der Waals surface area contributed by atoms with Gasteiger partial charge < -0.3 is 15.2 Å². The van der Waals surface area contributed by atoms with Gasteiger partial charge in [-0.15, -0.1) is 0 Å². The molecule has 1 aliphatic carbocycles. The van der Waals surface area contributed by atoms with Gasteiger partial charge >= 0.3 is 0 Å². The van der Waals surface area contributed by atoms with E-state index in [9.17, 15) is 5.11 Å². The maximum atomic E-state index is 9.36. The van der Waals surface area contributed by atoms with E-state index in [-0.39, 0.29) is 12.0 Å². The van der Waals surface area contributed by atoms with Crippen LogP contribution >= 0.6 is 0 Å². The molecular formula is C15H29NO2. The number of hydrogen-bond acceptors (Lipinski definition) is 3. The summed E-state index contributed by atoms with van der Waals surface area (Å²) in [4.78, 5) is 0. The Balaban J connectivity index is 1.58. The molecule has 0 aromatic carbocycles. The molecule has 3 nitrogen and oxygen atoms in total. The lowest BCUT2D eigenvalue weighted by molar-refractivity contribution is -0.135. The molecule has 2 rings (SSSR count). The third-order valence-electron chi connectivity index (χ3n) is 4.71. The van der Waals surface area contributed by atoms with Crippen molar-refractivity contribution in [3.63, 3.8) is 0 Å². The standard InChI is InChI=1S/C15H29NO2/c1-13(7-8-14-5-3-2-4-6-14)16-9-15(10-17)11-18-12-15/h13-14,16-17H,2-12H2,1H3. The zero-order chi connectivity index (χ0) is 12.8. The van der Waals surface area contributed by atoms with Crippen LogP contribution in [-0.4, -0.2) is 37.5 Å². The van der Waals surface area contributed by atoms with E-state index in [1.54, 1.807) is 0 Å². The van der Waals surface area contributed by atoms with Crippen molar-refractivity contribution in [3.05, 3.63) is 0 Å². The highest BCUT2D eigenvalue weighted by molar-refractivity contribution is 4.87.